The Hall–Kier alpha value is -1.01. The Morgan fingerprint density at radius 2 is 2.08 bits per heavy atom. The zero-order valence-electron chi connectivity index (χ0n) is 8.43. The predicted octanol–water partition coefficient (Wildman–Crippen LogP) is 2.58. The molecule has 0 saturated heterocycles. The van der Waals surface area contributed by atoms with Crippen LogP contribution in [-0.4, -0.2) is 10.5 Å². The molecule has 0 fully saturated rings. The van der Waals surface area contributed by atoms with Gasteiger partial charge in [-0.05, 0) is 27.7 Å². The maximum absolute atomic E-state index is 5.36. The van der Waals surface area contributed by atoms with E-state index in [0.717, 1.165) is 10.8 Å². The molecule has 0 atom stereocenters. The van der Waals surface area contributed by atoms with Gasteiger partial charge in [0.25, 0.3) is 0 Å². The van der Waals surface area contributed by atoms with Crippen molar-refractivity contribution in [2.45, 2.75) is 33.2 Å². The Morgan fingerprint density at radius 3 is 2.46 bits per heavy atom. The van der Waals surface area contributed by atoms with Crippen molar-refractivity contribution in [2.75, 3.05) is 5.32 Å². The third kappa shape index (κ3) is 2.46. The molecule has 3 heteroatoms. The third-order valence-corrected chi connectivity index (χ3v) is 2.80. The lowest BCUT2D eigenvalue weighted by Crippen LogP contribution is -2.28. The molecule has 0 aliphatic carbocycles. The lowest BCUT2D eigenvalue weighted by atomic mass is 10.1. The van der Waals surface area contributed by atoms with E-state index in [1.807, 2.05) is 20.8 Å². The number of hydrogen-bond acceptors (Lipinski definition) is 3. The van der Waals surface area contributed by atoms with Crippen LogP contribution >= 0.6 is 11.3 Å². The van der Waals surface area contributed by atoms with Crippen molar-refractivity contribution in [3.8, 4) is 12.3 Å². The molecule has 0 bridgehead atoms. The fraction of sp³-hybridized carbons (Fsp3) is 0.500. The quantitative estimate of drug-likeness (QED) is 0.732. The molecular formula is C10H14N2S. The molecule has 1 N–H and O–H groups in total. The van der Waals surface area contributed by atoms with Crippen molar-refractivity contribution in [2.24, 2.45) is 0 Å². The fourth-order valence-corrected chi connectivity index (χ4v) is 1.80. The standard InChI is InChI=1S/C10H14N2S/c1-6-10(4,5)12-9-11-7(2)8(3)13-9/h1H,2-5H3,(H,11,12). The van der Waals surface area contributed by atoms with Crippen molar-refractivity contribution >= 4 is 16.5 Å². The van der Waals surface area contributed by atoms with Gasteiger partial charge in [0, 0.05) is 4.88 Å². The summed E-state index contributed by atoms with van der Waals surface area (Å²) in [5, 5.41) is 4.10. The molecule has 0 aliphatic heterocycles. The Morgan fingerprint density at radius 1 is 1.46 bits per heavy atom. The van der Waals surface area contributed by atoms with Crippen LogP contribution in [0.1, 0.15) is 24.4 Å². The van der Waals surface area contributed by atoms with E-state index in [2.05, 4.69) is 23.1 Å². The second-order valence-electron chi connectivity index (χ2n) is 3.55. The number of aryl methyl sites for hydroxylation is 2. The van der Waals surface area contributed by atoms with Crippen LogP contribution in [0.25, 0.3) is 0 Å². The largest absolute Gasteiger partial charge is 0.346 e. The number of rotatable bonds is 2. The van der Waals surface area contributed by atoms with Gasteiger partial charge in [-0.3, -0.25) is 0 Å². The van der Waals surface area contributed by atoms with Crippen molar-refractivity contribution in [3.63, 3.8) is 0 Å². The Kier molecular flexibility index (Phi) is 2.63. The van der Waals surface area contributed by atoms with Gasteiger partial charge in [0.15, 0.2) is 5.13 Å². The highest BCUT2D eigenvalue weighted by molar-refractivity contribution is 7.15. The fourth-order valence-electron chi connectivity index (χ4n) is 0.830. The summed E-state index contributed by atoms with van der Waals surface area (Å²) in [5.41, 5.74) is 0.747. The Labute approximate surface area is 83.4 Å². The second-order valence-corrected chi connectivity index (χ2v) is 4.76. The SMILES string of the molecule is C#CC(C)(C)Nc1nc(C)c(C)s1. The van der Waals surface area contributed by atoms with E-state index >= 15 is 0 Å². The van der Waals surface area contributed by atoms with E-state index in [4.69, 9.17) is 6.42 Å². The normalized spacial score (nSPS) is 11.0. The van der Waals surface area contributed by atoms with Crippen LogP contribution in [0.15, 0.2) is 0 Å². The molecular weight excluding hydrogens is 180 g/mol. The summed E-state index contributed by atoms with van der Waals surface area (Å²) in [7, 11) is 0. The highest BCUT2D eigenvalue weighted by Gasteiger charge is 2.15. The van der Waals surface area contributed by atoms with Crippen molar-refractivity contribution in [1.82, 2.24) is 4.98 Å². The van der Waals surface area contributed by atoms with Crippen LogP contribution in [0.3, 0.4) is 0 Å². The lowest BCUT2D eigenvalue weighted by Gasteiger charge is -2.18. The maximum Gasteiger partial charge on any atom is 0.184 e. The molecule has 1 heterocycles. The van der Waals surface area contributed by atoms with Crippen molar-refractivity contribution < 1.29 is 0 Å². The second kappa shape index (κ2) is 3.39. The van der Waals surface area contributed by atoms with E-state index in [9.17, 15) is 0 Å². The summed E-state index contributed by atoms with van der Waals surface area (Å²) >= 11 is 1.64. The number of nitrogens with one attached hydrogen (secondary N) is 1. The van der Waals surface area contributed by atoms with Crippen molar-refractivity contribution in [3.05, 3.63) is 10.6 Å². The van der Waals surface area contributed by atoms with Crippen LogP contribution in [0.2, 0.25) is 0 Å². The number of nitrogens with zero attached hydrogens (tertiary/aromatic N) is 1. The van der Waals surface area contributed by atoms with Crippen LogP contribution in [0, 0.1) is 26.2 Å². The topological polar surface area (TPSA) is 24.9 Å². The van der Waals surface area contributed by atoms with Crippen LogP contribution in [-0.2, 0) is 0 Å². The van der Waals surface area contributed by atoms with Gasteiger partial charge >= 0.3 is 0 Å². The van der Waals surface area contributed by atoms with Gasteiger partial charge in [0.05, 0.1) is 11.2 Å². The molecule has 70 valence electrons. The summed E-state index contributed by atoms with van der Waals surface area (Å²) in [6.45, 7) is 7.97. The Balaban J connectivity index is 2.82. The molecule has 0 unspecified atom stereocenters. The number of thiazole rings is 1. The van der Waals surface area contributed by atoms with Gasteiger partial charge in [0.2, 0.25) is 0 Å². The van der Waals surface area contributed by atoms with Gasteiger partial charge in [0.1, 0.15) is 0 Å². The van der Waals surface area contributed by atoms with E-state index in [-0.39, 0.29) is 5.54 Å². The molecule has 0 aliphatic rings. The average molecular weight is 194 g/mol. The average Bonchev–Trinajstić information content (AvgIpc) is 2.30. The van der Waals surface area contributed by atoms with E-state index < -0.39 is 0 Å². The predicted molar refractivity (Wildman–Crippen MR) is 58.1 cm³/mol. The van der Waals surface area contributed by atoms with Crippen molar-refractivity contribution in [1.29, 1.82) is 0 Å². The van der Waals surface area contributed by atoms with E-state index in [1.54, 1.807) is 11.3 Å². The van der Waals surface area contributed by atoms with Gasteiger partial charge in [-0.15, -0.1) is 17.8 Å². The number of terminal acetylenes is 1. The molecule has 0 spiro atoms. The molecule has 1 aromatic heterocycles. The summed E-state index contributed by atoms with van der Waals surface area (Å²) < 4.78 is 0. The number of aromatic nitrogens is 1. The van der Waals surface area contributed by atoms with Gasteiger partial charge < -0.3 is 5.32 Å². The van der Waals surface area contributed by atoms with Gasteiger partial charge in [-0.1, -0.05) is 5.92 Å². The Bertz CT molecular complexity index is 325. The minimum absolute atomic E-state index is 0.323. The minimum atomic E-state index is -0.323. The molecule has 0 radical (unpaired) electrons. The molecule has 2 nitrogen and oxygen atoms in total. The van der Waals surface area contributed by atoms with E-state index in [1.165, 1.54) is 4.88 Å². The molecule has 1 rings (SSSR count). The first kappa shape index (κ1) is 10.1. The molecule has 0 amide bonds. The molecule has 13 heavy (non-hydrogen) atoms. The first-order valence-electron chi connectivity index (χ1n) is 4.14. The van der Waals surface area contributed by atoms with Gasteiger partial charge in [-0.25, -0.2) is 4.98 Å². The highest BCUT2D eigenvalue weighted by atomic mass is 32.1. The maximum atomic E-state index is 5.36. The zero-order chi connectivity index (χ0) is 10.1. The highest BCUT2D eigenvalue weighted by Crippen LogP contribution is 2.23. The first-order chi connectivity index (χ1) is 5.94. The zero-order valence-corrected chi connectivity index (χ0v) is 9.25. The van der Waals surface area contributed by atoms with Crippen LogP contribution in [0.5, 0.6) is 0 Å². The summed E-state index contributed by atoms with van der Waals surface area (Å²) in [4.78, 5) is 5.59. The van der Waals surface area contributed by atoms with E-state index in [0.29, 0.717) is 0 Å². The minimum Gasteiger partial charge on any atom is -0.346 e. The smallest absolute Gasteiger partial charge is 0.184 e. The molecule has 0 aromatic carbocycles. The lowest BCUT2D eigenvalue weighted by molar-refractivity contribution is 0.740. The monoisotopic (exact) mass is 194 g/mol. The summed E-state index contributed by atoms with van der Waals surface area (Å²) in [6.07, 6.45) is 5.36. The number of anilines is 1. The number of hydrogen-bond donors (Lipinski definition) is 1. The van der Waals surface area contributed by atoms with Gasteiger partial charge in [-0.2, -0.15) is 0 Å². The molecule has 1 aromatic rings. The first-order valence-corrected chi connectivity index (χ1v) is 4.96. The van der Waals surface area contributed by atoms with Crippen LogP contribution < -0.4 is 5.32 Å². The third-order valence-electron chi connectivity index (χ3n) is 1.81. The summed E-state index contributed by atoms with van der Waals surface area (Å²) in [5.74, 6) is 2.67. The van der Waals surface area contributed by atoms with Crippen LogP contribution in [0.4, 0.5) is 5.13 Å². The molecule has 0 saturated carbocycles. The summed E-state index contributed by atoms with van der Waals surface area (Å²) in [6, 6.07) is 0.